The lowest BCUT2D eigenvalue weighted by Crippen LogP contribution is -2.62. The number of unbranched alkanes of at least 4 members (excludes halogenated alkanes) is 7. The summed E-state index contributed by atoms with van der Waals surface area (Å²) in [6.45, 7) is 8.35. The maximum Gasteiger partial charge on any atom is 0.0470 e. The third kappa shape index (κ3) is 6.67. The molecule has 1 rings (SSSR count). The summed E-state index contributed by atoms with van der Waals surface area (Å²) < 4.78 is 22.1. The first-order valence-corrected chi connectivity index (χ1v) is 10.5. The Kier molecular flexibility index (Phi) is 9.85. The summed E-state index contributed by atoms with van der Waals surface area (Å²) in [7, 11) is 0. The van der Waals surface area contributed by atoms with Crippen molar-refractivity contribution in [2.45, 2.75) is 102 Å². The Morgan fingerprint density at radius 1 is 0.955 bits per heavy atom. The van der Waals surface area contributed by atoms with Gasteiger partial charge in [0.15, 0.2) is 0 Å². The molecule has 0 radical (unpaired) electrons. The Morgan fingerprint density at radius 3 is 1.86 bits per heavy atom. The van der Waals surface area contributed by atoms with Crippen LogP contribution in [0.25, 0.3) is 0 Å². The van der Waals surface area contributed by atoms with Crippen molar-refractivity contribution in [3.63, 3.8) is 0 Å². The topological polar surface area (TPSA) is 43.4 Å². The number of nitrogens with zero attached hydrogens (tertiary/aromatic N) is 1. The Balaban J connectivity index is 2.40. The molecule has 2 unspecified atom stereocenters. The second kappa shape index (κ2) is 10.8. The van der Waals surface area contributed by atoms with E-state index < -0.39 is 11.1 Å². The molecule has 0 bridgehead atoms. The van der Waals surface area contributed by atoms with Crippen molar-refractivity contribution in [1.82, 2.24) is 4.90 Å². The molecular weight excluding hydrogens is 294 g/mol. The molecule has 132 valence electrons. The zero-order valence-electron chi connectivity index (χ0n) is 14.9. The van der Waals surface area contributed by atoms with Gasteiger partial charge >= 0.3 is 0 Å². The Morgan fingerprint density at radius 2 is 1.41 bits per heavy atom. The first-order valence-electron chi connectivity index (χ1n) is 9.36. The van der Waals surface area contributed by atoms with Crippen LogP contribution in [-0.2, 0) is 11.1 Å². The highest BCUT2D eigenvalue weighted by Crippen LogP contribution is 2.33. The van der Waals surface area contributed by atoms with Crippen molar-refractivity contribution < 1.29 is 8.76 Å². The Hall–Kier alpha value is 0.0700. The van der Waals surface area contributed by atoms with Crippen molar-refractivity contribution in [1.29, 1.82) is 0 Å². The lowest BCUT2D eigenvalue weighted by Gasteiger charge is -2.51. The fourth-order valence-corrected chi connectivity index (χ4v) is 4.09. The summed E-state index contributed by atoms with van der Waals surface area (Å²) >= 11 is -1.89. The minimum absolute atomic E-state index is 0.130. The van der Waals surface area contributed by atoms with Gasteiger partial charge in [-0.05, 0) is 30.8 Å². The zero-order valence-corrected chi connectivity index (χ0v) is 15.8. The Bertz CT molecular complexity index is 318. The molecule has 0 aromatic carbocycles. The van der Waals surface area contributed by atoms with Gasteiger partial charge in [0.25, 0.3) is 0 Å². The van der Waals surface area contributed by atoms with Crippen molar-refractivity contribution in [3.8, 4) is 0 Å². The summed E-state index contributed by atoms with van der Waals surface area (Å²) in [5.74, 6) is 0. The van der Waals surface area contributed by atoms with Gasteiger partial charge in [0, 0.05) is 23.9 Å². The molecule has 0 aromatic rings. The van der Waals surface area contributed by atoms with Gasteiger partial charge in [-0.3, -0.25) is 9.11 Å². The van der Waals surface area contributed by atoms with E-state index in [1.807, 2.05) is 0 Å². The summed E-state index contributed by atoms with van der Waals surface area (Å²) in [6.07, 6.45) is 14.2. The van der Waals surface area contributed by atoms with Gasteiger partial charge < -0.3 is 4.55 Å². The summed E-state index contributed by atoms with van der Waals surface area (Å²) in [6, 6.07) is 0. The van der Waals surface area contributed by atoms with E-state index in [2.05, 4.69) is 25.7 Å². The van der Waals surface area contributed by atoms with Crippen LogP contribution in [0.5, 0.6) is 0 Å². The van der Waals surface area contributed by atoms with E-state index in [-0.39, 0.29) is 10.8 Å². The second-order valence-corrected chi connectivity index (χ2v) is 8.45. The molecule has 0 saturated carbocycles. The molecular formula is C18H36NO2S-. The lowest BCUT2D eigenvalue weighted by molar-refractivity contribution is 0.0276. The van der Waals surface area contributed by atoms with E-state index in [1.54, 1.807) is 0 Å². The maximum absolute atomic E-state index is 11.1. The normalized spacial score (nSPS) is 20.5. The summed E-state index contributed by atoms with van der Waals surface area (Å²) in [5, 5.41) is -0.130. The van der Waals surface area contributed by atoms with E-state index in [1.165, 1.54) is 70.6 Å². The van der Waals surface area contributed by atoms with Crippen LogP contribution in [0.4, 0.5) is 0 Å². The first-order chi connectivity index (χ1) is 10.5. The van der Waals surface area contributed by atoms with Crippen LogP contribution in [-0.4, -0.2) is 37.5 Å². The van der Waals surface area contributed by atoms with Crippen molar-refractivity contribution in [3.05, 3.63) is 0 Å². The monoisotopic (exact) mass is 330 g/mol. The fraction of sp³-hybridized carbons (Fsp3) is 1.00. The van der Waals surface area contributed by atoms with Crippen molar-refractivity contribution in [2.24, 2.45) is 0 Å². The van der Waals surface area contributed by atoms with Crippen LogP contribution in [0, 0.1) is 0 Å². The minimum Gasteiger partial charge on any atom is -0.772 e. The first kappa shape index (κ1) is 20.1. The molecule has 0 aromatic heterocycles. The molecule has 22 heavy (non-hydrogen) atoms. The number of rotatable bonds is 13. The molecule has 0 spiro atoms. The molecule has 2 atom stereocenters. The molecule has 1 aliphatic rings. The average molecular weight is 331 g/mol. The van der Waals surface area contributed by atoms with E-state index >= 15 is 0 Å². The van der Waals surface area contributed by atoms with Gasteiger partial charge in [0.1, 0.15) is 0 Å². The van der Waals surface area contributed by atoms with Crippen molar-refractivity contribution >= 4 is 11.1 Å². The number of likely N-dealkylation sites (tertiary alicyclic amines) is 1. The van der Waals surface area contributed by atoms with Crippen LogP contribution < -0.4 is 0 Å². The predicted octanol–water partition coefficient (Wildman–Crippen LogP) is 4.64. The molecule has 0 aliphatic carbocycles. The van der Waals surface area contributed by atoms with E-state index in [4.69, 9.17) is 0 Å². The SMILES string of the molecule is CCCCCCCC(C)(CCCCCC)N1CC(S(=O)[O-])C1. The van der Waals surface area contributed by atoms with Crippen LogP contribution >= 0.6 is 0 Å². The highest BCUT2D eigenvalue weighted by Gasteiger charge is 2.39. The van der Waals surface area contributed by atoms with Gasteiger partial charge in [0.2, 0.25) is 0 Å². The van der Waals surface area contributed by atoms with E-state index in [0.717, 1.165) is 13.1 Å². The molecule has 4 heteroatoms. The van der Waals surface area contributed by atoms with E-state index in [0.29, 0.717) is 0 Å². The quantitative estimate of drug-likeness (QED) is 0.365. The molecule has 0 N–H and O–H groups in total. The van der Waals surface area contributed by atoms with Gasteiger partial charge in [-0.25, -0.2) is 0 Å². The van der Waals surface area contributed by atoms with Gasteiger partial charge in [-0.15, -0.1) is 0 Å². The van der Waals surface area contributed by atoms with Gasteiger partial charge in [-0.1, -0.05) is 71.6 Å². The summed E-state index contributed by atoms with van der Waals surface area (Å²) in [5.41, 5.74) is 0.218. The van der Waals surface area contributed by atoms with Crippen LogP contribution in [0.1, 0.15) is 91.4 Å². The van der Waals surface area contributed by atoms with E-state index in [9.17, 15) is 8.76 Å². The van der Waals surface area contributed by atoms with Crippen LogP contribution in [0.2, 0.25) is 0 Å². The second-order valence-electron chi connectivity index (χ2n) is 7.26. The fourth-order valence-electron chi connectivity index (χ4n) is 3.48. The highest BCUT2D eigenvalue weighted by molar-refractivity contribution is 7.79. The Labute approximate surface area is 140 Å². The molecule has 0 amide bonds. The molecule has 1 aliphatic heterocycles. The maximum atomic E-state index is 11.1. The minimum atomic E-state index is -1.89. The highest BCUT2D eigenvalue weighted by atomic mass is 32.2. The average Bonchev–Trinajstić information content (AvgIpc) is 2.41. The van der Waals surface area contributed by atoms with Gasteiger partial charge in [-0.2, -0.15) is 0 Å². The van der Waals surface area contributed by atoms with Gasteiger partial charge in [0.05, 0.1) is 0 Å². The molecule has 1 heterocycles. The third-order valence-electron chi connectivity index (χ3n) is 5.27. The third-order valence-corrected chi connectivity index (χ3v) is 6.11. The smallest absolute Gasteiger partial charge is 0.0470 e. The lowest BCUT2D eigenvalue weighted by atomic mass is 9.84. The standard InChI is InChI=1S/C18H37NO2S/c1-4-6-8-10-12-14-18(3,13-11-9-7-5-2)19-15-17(16-19)22(20)21/h17H,4-16H2,1-3H3,(H,20,21)/p-1. The number of hydrogen-bond donors (Lipinski definition) is 0. The molecule has 3 nitrogen and oxygen atoms in total. The molecule has 1 saturated heterocycles. The summed E-state index contributed by atoms with van der Waals surface area (Å²) in [4.78, 5) is 2.43. The number of hydrogen-bond acceptors (Lipinski definition) is 3. The van der Waals surface area contributed by atoms with Crippen LogP contribution in [0.3, 0.4) is 0 Å². The molecule has 1 fully saturated rings. The van der Waals surface area contributed by atoms with Crippen LogP contribution in [0.15, 0.2) is 0 Å². The largest absolute Gasteiger partial charge is 0.772 e. The van der Waals surface area contributed by atoms with Crippen molar-refractivity contribution in [2.75, 3.05) is 13.1 Å². The predicted molar refractivity (Wildman–Crippen MR) is 94.8 cm³/mol. The zero-order chi connectivity index (χ0) is 16.4.